The summed E-state index contributed by atoms with van der Waals surface area (Å²) in [5.41, 5.74) is 3.66. The number of aryl methyl sites for hydroxylation is 1. The molecule has 2 aromatic carbocycles. The fourth-order valence-corrected chi connectivity index (χ4v) is 4.47. The zero-order valence-electron chi connectivity index (χ0n) is 19.6. The zero-order chi connectivity index (χ0) is 23.4. The molecular formula is C27H32N2O4. The first kappa shape index (κ1) is 22.9. The minimum Gasteiger partial charge on any atom is -0.493 e. The molecule has 2 aliphatic rings. The Labute approximate surface area is 195 Å². The molecule has 1 saturated heterocycles. The fourth-order valence-electron chi connectivity index (χ4n) is 4.47. The number of piperidine rings is 1. The standard InChI is InChI=1S/C27H32N2O4/c1-4-32-24-17-21-15-19(3)33-25(21)16-20(24)9-10-26(30)29-13-11-22(12-14-29)28-27(31)23-8-6-5-7-18(23)2/h5-10,16-17,19,22H,4,11-15H2,1-3H3,(H,28,31)/b10-9+. The number of fused-ring (bicyclic) bond motifs is 1. The van der Waals surface area contributed by atoms with E-state index >= 15 is 0 Å². The maximum atomic E-state index is 12.8. The molecule has 174 valence electrons. The smallest absolute Gasteiger partial charge is 0.251 e. The number of carbonyl (C=O) groups excluding carboxylic acids is 2. The molecule has 0 spiro atoms. The number of hydrogen-bond acceptors (Lipinski definition) is 4. The number of rotatable bonds is 6. The summed E-state index contributed by atoms with van der Waals surface area (Å²) in [4.78, 5) is 27.2. The van der Waals surface area contributed by atoms with Crippen molar-refractivity contribution in [1.29, 1.82) is 0 Å². The predicted octanol–water partition coefficient (Wildman–Crippen LogP) is 4.15. The van der Waals surface area contributed by atoms with Crippen molar-refractivity contribution < 1.29 is 19.1 Å². The van der Waals surface area contributed by atoms with Gasteiger partial charge in [0.1, 0.15) is 17.6 Å². The van der Waals surface area contributed by atoms with Crippen LogP contribution >= 0.6 is 0 Å². The summed E-state index contributed by atoms with van der Waals surface area (Å²) < 4.78 is 11.7. The summed E-state index contributed by atoms with van der Waals surface area (Å²) in [6, 6.07) is 11.6. The molecule has 0 radical (unpaired) electrons. The number of likely N-dealkylation sites (tertiary alicyclic amines) is 1. The first-order valence-corrected chi connectivity index (χ1v) is 11.7. The molecule has 6 nitrogen and oxygen atoms in total. The highest BCUT2D eigenvalue weighted by Gasteiger charge is 2.24. The summed E-state index contributed by atoms with van der Waals surface area (Å²) in [7, 11) is 0. The lowest BCUT2D eigenvalue weighted by Gasteiger charge is -2.32. The fraction of sp³-hybridized carbons (Fsp3) is 0.407. The van der Waals surface area contributed by atoms with Crippen LogP contribution in [-0.4, -0.2) is 48.6 Å². The second-order valence-corrected chi connectivity index (χ2v) is 8.78. The van der Waals surface area contributed by atoms with Gasteiger partial charge in [-0.3, -0.25) is 9.59 Å². The third kappa shape index (κ3) is 5.38. The Kier molecular flexibility index (Phi) is 7.02. The minimum atomic E-state index is -0.0469. The van der Waals surface area contributed by atoms with E-state index in [0.717, 1.165) is 47.5 Å². The summed E-state index contributed by atoms with van der Waals surface area (Å²) in [5.74, 6) is 1.56. The van der Waals surface area contributed by atoms with E-state index < -0.39 is 0 Å². The van der Waals surface area contributed by atoms with Crippen molar-refractivity contribution in [2.45, 2.75) is 52.2 Å². The van der Waals surface area contributed by atoms with Crippen LogP contribution in [0.5, 0.6) is 11.5 Å². The van der Waals surface area contributed by atoms with Crippen LogP contribution in [0.4, 0.5) is 0 Å². The maximum absolute atomic E-state index is 12.8. The van der Waals surface area contributed by atoms with E-state index in [4.69, 9.17) is 9.47 Å². The van der Waals surface area contributed by atoms with Crippen molar-refractivity contribution in [1.82, 2.24) is 10.2 Å². The third-order valence-corrected chi connectivity index (χ3v) is 6.27. The van der Waals surface area contributed by atoms with Gasteiger partial charge in [-0.05, 0) is 63.5 Å². The van der Waals surface area contributed by atoms with Crippen LogP contribution in [0.3, 0.4) is 0 Å². The van der Waals surface area contributed by atoms with Gasteiger partial charge in [0.25, 0.3) is 5.91 Å². The van der Waals surface area contributed by atoms with Crippen LogP contribution in [0, 0.1) is 6.92 Å². The van der Waals surface area contributed by atoms with Crippen LogP contribution in [0.1, 0.15) is 53.7 Å². The van der Waals surface area contributed by atoms with Gasteiger partial charge < -0.3 is 19.7 Å². The monoisotopic (exact) mass is 448 g/mol. The van der Waals surface area contributed by atoms with E-state index in [0.29, 0.717) is 25.3 Å². The Morgan fingerprint density at radius 3 is 2.70 bits per heavy atom. The van der Waals surface area contributed by atoms with E-state index in [1.807, 2.05) is 68.1 Å². The lowest BCUT2D eigenvalue weighted by atomic mass is 10.0. The highest BCUT2D eigenvalue weighted by molar-refractivity contribution is 5.96. The second-order valence-electron chi connectivity index (χ2n) is 8.78. The van der Waals surface area contributed by atoms with E-state index in [1.54, 1.807) is 6.08 Å². The van der Waals surface area contributed by atoms with E-state index in [1.165, 1.54) is 0 Å². The topological polar surface area (TPSA) is 67.9 Å². The lowest BCUT2D eigenvalue weighted by molar-refractivity contribution is -0.126. The van der Waals surface area contributed by atoms with Crippen molar-refractivity contribution in [2.75, 3.05) is 19.7 Å². The number of benzene rings is 2. The Balaban J connectivity index is 1.34. The minimum absolute atomic E-state index is 0.0316. The van der Waals surface area contributed by atoms with Gasteiger partial charge in [-0.1, -0.05) is 18.2 Å². The number of nitrogens with zero attached hydrogens (tertiary/aromatic N) is 1. The van der Waals surface area contributed by atoms with Crippen LogP contribution < -0.4 is 14.8 Å². The molecule has 2 heterocycles. The SMILES string of the molecule is CCOc1cc2c(cc1/C=C/C(=O)N1CCC(NC(=O)c3ccccc3C)CC1)OC(C)C2. The molecule has 2 aromatic rings. The molecule has 1 atom stereocenters. The molecule has 6 heteroatoms. The average Bonchev–Trinajstić information content (AvgIpc) is 3.17. The normalized spacial score (nSPS) is 18.2. The molecule has 1 unspecified atom stereocenters. The summed E-state index contributed by atoms with van der Waals surface area (Å²) in [6.07, 6.45) is 5.93. The quantitative estimate of drug-likeness (QED) is 0.674. The highest BCUT2D eigenvalue weighted by Crippen LogP contribution is 2.35. The summed E-state index contributed by atoms with van der Waals surface area (Å²) in [5, 5.41) is 3.12. The van der Waals surface area contributed by atoms with Gasteiger partial charge in [-0.15, -0.1) is 0 Å². The van der Waals surface area contributed by atoms with Gasteiger partial charge in [-0.25, -0.2) is 0 Å². The van der Waals surface area contributed by atoms with Gasteiger partial charge in [0, 0.05) is 48.3 Å². The van der Waals surface area contributed by atoms with Gasteiger partial charge >= 0.3 is 0 Å². The van der Waals surface area contributed by atoms with Crippen LogP contribution in [0.2, 0.25) is 0 Å². The van der Waals surface area contributed by atoms with Crippen LogP contribution in [-0.2, 0) is 11.2 Å². The Morgan fingerprint density at radius 1 is 1.21 bits per heavy atom. The molecule has 1 N–H and O–H groups in total. The number of hydrogen-bond donors (Lipinski definition) is 1. The molecular weight excluding hydrogens is 416 g/mol. The number of carbonyl (C=O) groups is 2. The molecule has 0 aromatic heterocycles. The van der Waals surface area contributed by atoms with E-state index in [-0.39, 0.29) is 24.0 Å². The maximum Gasteiger partial charge on any atom is 0.251 e. The summed E-state index contributed by atoms with van der Waals surface area (Å²) >= 11 is 0. The first-order valence-electron chi connectivity index (χ1n) is 11.7. The van der Waals surface area contributed by atoms with Crippen molar-refractivity contribution in [2.24, 2.45) is 0 Å². The van der Waals surface area contributed by atoms with Crippen molar-refractivity contribution in [3.8, 4) is 11.5 Å². The predicted molar refractivity (Wildman–Crippen MR) is 129 cm³/mol. The molecule has 0 bridgehead atoms. The van der Waals surface area contributed by atoms with Gasteiger partial charge in [0.05, 0.1) is 6.61 Å². The Hall–Kier alpha value is -3.28. The first-order chi connectivity index (χ1) is 15.9. The van der Waals surface area contributed by atoms with E-state index in [9.17, 15) is 9.59 Å². The van der Waals surface area contributed by atoms with Crippen molar-refractivity contribution in [3.63, 3.8) is 0 Å². The molecule has 0 saturated carbocycles. The highest BCUT2D eigenvalue weighted by atomic mass is 16.5. The third-order valence-electron chi connectivity index (χ3n) is 6.27. The average molecular weight is 449 g/mol. The largest absolute Gasteiger partial charge is 0.493 e. The van der Waals surface area contributed by atoms with Gasteiger partial charge in [0.2, 0.25) is 5.91 Å². The van der Waals surface area contributed by atoms with Gasteiger partial charge in [0.15, 0.2) is 0 Å². The Bertz CT molecular complexity index is 1050. The molecule has 33 heavy (non-hydrogen) atoms. The second kappa shape index (κ2) is 10.1. The van der Waals surface area contributed by atoms with Crippen molar-refractivity contribution in [3.05, 3.63) is 64.7 Å². The molecule has 0 aliphatic carbocycles. The molecule has 2 aliphatic heterocycles. The van der Waals surface area contributed by atoms with Crippen LogP contribution in [0.25, 0.3) is 6.08 Å². The van der Waals surface area contributed by atoms with Crippen molar-refractivity contribution >= 4 is 17.9 Å². The van der Waals surface area contributed by atoms with E-state index in [2.05, 4.69) is 5.32 Å². The molecule has 2 amide bonds. The lowest BCUT2D eigenvalue weighted by Crippen LogP contribution is -2.46. The summed E-state index contributed by atoms with van der Waals surface area (Å²) in [6.45, 7) is 7.73. The van der Waals surface area contributed by atoms with Crippen LogP contribution in [0.15, 0.2) is 42.5 Å². The molecule has 1 fully saturated rings. The van der Waals surface area contributed by atoms with Gasteiger partial charge in [-0.2, -0.15) is 0 Å². The number of nitrogens with one attached hydrogen (secondary N) is 1. The zero-order valence-corrected chi connectivity index (χ0v) is 19.6. The Morgan fingerprint density at radius 2 is 1.97 bits per heavy atom. The number of ether oxygens (including phenoxy) is 2. The molecule has 4 rings (SSSR count). The number of amides is 2.